The lowest BCUT2D eigenvalue weighted by molar-refractivity contribution is -0.160. The molecule has 1 saturated heterocycles. The highest BCUT2D eigenvalue weighted by Gasteiger charge is 2.43. The molecule has 3 rings (SSSR count). The SMILES string of the molecule is CCC(F)(F)C(=O)N[C@H]1Cc2cccc(C(=O)OCOC(=O)C3CCOCC3)c2OB1O. The smallest absolute Gasteiger partial charge is 0.534 e. The maximum atomic E-state index is 13.6. The molecule has 1 aromatic carbocycles. The molecule has 2 aliphatic rings. The number of amides is 1. The molecule has 1 fully saturated rings. The van der Waals surface area contributed by atoms with Crippen molar-refractivity contribution in [2.75, 3.05) is 20.0 Å². The van der Waals surface area contributed by atoms with Crippen LogP contribution in [0, 0.1) is 5.92 Å². The molecule has 0 aromatic heterocycles. The van der Waals surface area contributed by atoms with Crippen molar-refractivity contribution in [3.05, 3.63) is 29.3 Å². The lowest BCUT2D eigenvalue weighted by Crippen LogP contribution is -2.56. The van der Waals surface area contributed by atoms with Crippen molar-refractivity contribution in [3.63, 3.8) is 0 Å². The maximum absolute atomic E-state index is 13.6. The van der Waals surface area contributed by atoms with Crippen LogP contribution in [0.1, 0.15) is 42.1 Å². The number of nitrogens with one attached hydrogen (secondary N) is 1. The summed E-state index contributed by atoms with van der Waals surface area (Å²) in [4.78, 5) is 36.2. The van der Waals surface area contributed by atoms with Gasteiger partial charge in [-0.25, -0.2) is 4.79 Å². The number of halogens is 2. The summed E-state index contributed by atoms with van der Waals surface area (Å²) in [6.07, 6.45) is 0.343. The second-order valence-electron chi connectivity index (χ2n) is 7.54. The van der Waals surface area contributed by atoms with E-state index in [4.69, 9.17) is 18.9 Å². The highest BCUT2D eigenvalue weighted by Crippen LogP contribution is 2.31. The van der Waals surface area contributed by atoms with Crippen molar-refractivity contribution in [1.29, 1.82) is 0 Å². The maximum Gasteiger partial charge on any atom is 0.547 e. The molecular formula is C20H24BF2NO8. The number of ether oxygens (including phenoxy) is 3. The van der Waals surface area contributed by atoms with Crippen LogP contribution in [-0.2, 0) is 30.2 Å². The van der Waals surface area contributed by atoms with Gasteiger partial charge in [0, 0.05) is 19.6 Å². The Labute approximate surface area is 183 Å². The molecule has 0 spiro atoms. The van der Waals surface area contributed by atoms with Crippen molar-refractivity contribution in [1.82, 2.24) is 5.32 Å². The molecule has 0 aliphatic carbocycles. The predicted molar refractivity (Wildman–Crippen MR) is 106 cm³/mol. The number of benzene rings is 1. The quantitative estimate of drug-likeness (QED) is 0.358. The van der Waals surface area contributed by atoms with Crippen LogP contribution in [0.3, 0.4) is 0 Å². The molecule has 9 nitrogen and oxygen atoms in total. The first-order chi connectivity index (χ1) is 15.2. The summed E-state index contributed by atoms with van der Waals surface area (Å²) in [5, 5.41) is 12.3. The van der Waals surface area contributed by atoms with Crippen molar-refractivity contribution >= 4 is 25.0 Å². The van der Waals surface area contributed by atoms with E-state index in [1.165, 1.54) is 19.1 Å². The zero-order valence-corrected chi connectivity index (χ0v) is 17.5. The monoisotopic (exact) mass is 455 g/mol. The van der Waals surface area contributed by atoms with Crippen LogP contribution >= 0.6 is 0 Å². The first kappa shape index (κ1) is 23.9. The minimum Gasteiger partial charge on any atom is -0.534 e. The Hall–Kier alpha value is -2.73. The lowest BCUT2D eigenvalue weighted by Gasteiger charge is -2.30. The predicted octanol–water partition coefficient (Wildman–Crippen LogP) is 1.26. The van der Waals surface area contributed by atoms with E-state index in [1.54, 1.807) is 6.07 Å². The van der Waals surface area contributed by atoms with Gasteiger partial charge in [0.1, 0.15) is 11.3 Å². The number of fused-ring (bicyclic) bond motifs is 1. The fourth-order valence-electron chi connectivity index (χ4n) is 3.41. The molecule has 12 heteroatoms. The zero-order chi connectivity index (χ0) is 23.3. The van der Waals surface area contributed by atoms with Gasteiger partial charge in [0.05, 0.1) is 11.9 Å². The fraction of sp³-hybridized carbons (Fsp3) is 0.550. The summed E-state index contributed by atoms with van der Waals surface area (Å²) in [5.74, 6) is -7.85. The van der Waals surface area contributed by atoms with Crippen molar-refractivity contribution < 1.29 is 47.1 Å². The van der Waals surface area contributed by atoms with Gasteiger partial charge in [-0.15, -0.1) is 0 Å². The van der Waals surface area contributed by atoms with Crippen molar-refractivity contribution in [2.45, 2.75) is 44.5 Å². The Morgan fingerprint density at radius 1 is 1.25 bits per heavy atom. The summed E-state index contributed by atoms with van der Waals surface area (Å²) in [6.45, 7) is 1.51. The summed E-state index contributed by atoms with van der Waals surface area (Å²) in [7, 11) is -1.65. The third kappa shape index (κ3) is 5.54. The van der Waals surface area contributed by atoms with E-state index in [0.29, 0.717) is 31.6 Å². The highest BCUT2D eigenvalue weighted by molar-refractivity contribution is 6.47. The molecule has 174 valence electrons. The molecular weight excluding hydrogens is 431 g/mol. The van der Waals surface area contributed by atoms with Crippen LogP contribution in [0.25, 0.3) is 0 Å². The minimum absolute atomic E-state index is 0.00788. The molecule has 1 aromatic rings. The third-order valence-electron chi connectivity index (χ3n) is 5.38. The molecule has 0 unspecified atom stereocenters. The molecule has 0 saturated carbocycles. The normalized spacial score (nSPS) is 18.9. The van der Waals surface area contributed by atoms with Gasteiger partial charge in [0.25, 0.3) is 5.91 Å². The van der Waals surface area contributed by atoms with Crippen LogP contribution in [0.15, 0.2) is 18.2 Å². The van der Waals surface area contributed by atoms with E-state index in [1.807, 2.05) is 0 Å². The largest absolute Gasteiger partial charge is 0.547 e. The Morgan fingerprint density at radius 2 is 1.97 bits per heavy atom. The highest BCUT2D eigenvalue weighted by atomic mass is 19.3. The average molecular weight is 455 g/mol. The van der Waals surface area contributed by atoms with Crippen molar-refractivity contribution in [3.8, 4) is 5.75 Å². The summed E-state index contributed by atoms with van der Waals surface area (Å²) >= 11 is 0. The van der Waals surface area contributed by atoms with Crippen LogP contribution in [0.5, 0.6) is 5.75 Å². The summed E-state index contributed by atoms with van der Waals surface area (Å²) in [6, 6.07) is 4.47. The molecule has 32 heavy (non-hydrogen) atoms. The van der Waals surface area contributed by atoms with Gasteiger partial charge >= 0.3 is 25.0 Å². The topological polar surface area (TPSA) is 120 Å². The van der Waals surface area contributed by atoms with E-state index in [0.717, 1.165) is 0 Å². The van der Waals surface area contributed by atoms with Gasteiger partial charge in [-0.05, 0) is 30.9 Å². The van der Waals surface area contributed by atoms with Crippen LogP contribution in [0.4, 0.5) is 8.78 Å². The second kappa shape index (κ2) is 10.3. The lowest BCUT2D eigenvalue weighted by atomic mass is 9.72. The van der Waals surface area contributed by atoms with Gasteiger partial charge in [0.15, 0.2) is 0 Å². The Morgan fingerprint density at radius 3 is 2.66 bits per heavy atom. The van der Waals surface area contributed by atoms with Crippen molar-refractivity contribution in [2.24, 2.45) is 5.92 Å². The van der Waals surface area contributed by atoms with Crippen LogP contribution < -0.4 is 9.97 Å². The van der Waals surface area contributed by atoms with E-state index in [-0.39, 0.29) is 23.7 Å². The molecule has 1 atom stereocenters. The molecule has 2 aliphatic heterocycles. The summed E-state index contributed by atoms with van der Waals surface area (Å²) in [5.41, 5.74) is 0.376. The number of hydrogen-bond donors (Lipinski definition) is 2. The fourth-order valence-corrected chi connectivity index (χ4v) is 3.41. The van der Waals surface area contributed by atoms with E-state index < -0.39 is 50.0 Å². The van der Waals surface area contributed by atoms with Gasteiger partial charge < -0.3 is 29.2 Å². The Bertz CT molecular complexity index is 862. The Kier molecular flexibility index (Phi) is 7.67. The van der Waals surface area contributed by atoms with E-state index >= 15 is 0 Å². The zero-order valence-electron chi connectivity index (χ0n) is 17.5. The molecule has 1 amide bonds. The number of rotatable bonds is 7. The second-order valence-corrected chi connectivity index (χ2v) is 7.54. The van der Waals surface area contributed by atoms with Crippen LogP contribution in [0.2, 0.25) is 0 Å². The number of carbonyl (C=O) groups excluding carboxylic acids is 3. The first-order valence-electron chi connectivity index (χ1n) is 10.3. The van der Waals surface area contributed by atoms with Gasteiger partial charge in [-0.2, -0.15) is 8.78 Å². The summed E-state index contributed by atoms with van der Waals surface area (Å²) < 4.78 is 47.6. The number of carbonyl (C=O) groups is 3. The number of esters is 2. The average Bonchev–Trinajstić information content (AvgIpc) is 2.79. The van der Waals surface area contributed by atoms with Gasteiger partial charge in [-0.1, -0.05) is 19.1 Å². The number of para-hydroxylation sites is 1. The van der Waals surface area contributed by atoms with Gasteiger partial charge in [0.2, 0.25) is 6.79 Å². The number of alkyl halides is 2. The van der Waals surface area contributed by atoms with Gasteiger partial charge in [-0.3, -0.25) is 9.59 Å². The standard InChI is InChI=1S/C20H24BF2NO8/c1-2-20(22,23)19(27)24-15-10-13-4-3-5-14(16(13)32-21(15)28)18(26)31-11-30-17(25)12-6-8-29-9-7-12/h3-5,12,15,28H,2,6-11H2,1H3,(H,24,27)/t15-/m0/s1. The molecule has 2 N–H and O–H groups in total. The Balaban J connectivity index is 1.60. The molecule has 0 radical (unpaired) electrons. The molecule has 2 heterocycles. The minimum atomic E-state index is -3.58. The third-order valence-corrected chi connectivity index (χ3v) is 5.38. The van der Waals surface area contributed by atoms with E-state index in [9.17, 15) is 28.2 Å². The first-order valence-corrected chi connectivity index (χ1v) is 10.3. The number of hydrogen-bond acceptors (Lipinski definition) is 8. The van der Waals surface area contributed by atoms with Crippen LogP contribution in [-0.4, -0.2) is 61.9 Å². The van der Waals surface area contributed by atoms with E-state index in [2.05, 4.69) is 5.32 Å². The molecule has 0 bridgehead atoms.